The van der Waals surface area contributed by atoms with Gasteiger partial charge in [0.15, 0.2) is 12.4 Å². The number of aromatic nitrogens is 2. The van der Waals surface area contributed by atoms with Gasteiger partial charge in [-0.15, -0.1) is 12.4 Å². The number of nitrogens with one attached hydrogen (secondary N) is 1. The molecule has 0 aliphatic carbocycles. The van der Waals surface area contributed by atoms with Crippen LogP contribution in [0.15, 0.2) is 22.7 Å². The van der Waals surface area contributed by atoms with Crippen LogP contribution >= 0.6 is 12.4 Å². The van der Waals surface area contributed by atoms with Crippen LogP contribution in [0.5, 0.6) is 5.75 Å². The molecule has 1 heterocycles. The summed E-state index contributed by atoms with van der Waals surface area (Å²) in [6.07, 6.45) is 0.739. The Hall–Kier alpha value is -1.59. The van der Waals surface area contributed by atoms with E-state index in [-0.39, 0.29) is 12.4 Å². The van der Waals surface area contributed by atoms with Gasteiger partial charge in [-0.3, -0.25) is 0 Å². The Labute approximate surface area is 131 Å². The summed E-state index contributed by atoms with van der Waals surface area (Å²) in [5, 5.41) is 7.10. The number of ether oxygens (including phenoxy) is 1. The summed E-state index contributed by atoms with van der Waals surface area (Å²) in [5.41, 5.74) is 2.21. The van der Waals surface area contributed by atoms with Crippen LogP contribution in [0.2, 0.25) is 0 Å². The number of hydrogen-bond donors (Lipinski definition) is 1. The van der Waals surface area contributed by atoms with Gasteiger partial charge in [0, 0.05) is 12.5 Å². The second kappa shape index (κ2) is 8.00. The monoisotopic (exact) mass is 311 g/mol. The molecule has 0 aliphatic heterocycles. The van der Waals surface area contributed by atoms with Crippen LogP contribution in [0.3, 0.4) is 0 Å². The molecule has 2 rings (SSSR count). The van der Waals surface area contributed by atoms with Gasteiger partial charge in [0.1, 0.15) is 5.75 Å². The topological polar surface area (TPSA) is 60.2 Å². The summed E-state index contributed by atoms with van der Waals surface area (Å²) in [5.74, 6) is 2.09. The molecule has 0 bridgehead atoms. The maximum atomic E-state index is 5.79. The summed E-state index contributed by atoms with van der Waals surface area (Å²) in [6.45, 7) is 6.42. The van der Waals surface area contributed by atoms with Crippen molar-refractivity contribution in [3.8, 4) is 5.75 Å². The lowest BCUT2D eigenvalue weighted by Crippen LogP contribution is -2.24. The lowest BCUT2D eigenvalue weighted by molar-refractivity contribution is 0.240. The van der Waals surface area contributed by atoms with E-state index in [9.17, 15) is 0 Å². The summed E-state index contributed by atoms with van der Waals surface area (Å²) in [7, 11) is 1.91. The molecule has 5 nitrogen and oxygen atoms in total. The molecule has 116 valence electrons. The maximum absolute atomic E-state index is 5.79. The predicted molar refractivity (Wildman–Crippen MR) is 84.0 cm³/mol. The molecule has 21 heavy (non-hydrogen) atoms. The number of benzene rings is 1. The second-order valence-electron chi connectivity index (χ2n) is 5.01. The third-order valence-corrected chi connectivity index (χ3v) is 3.24. The van der Waals surface area contributed by atoms with E-state index in [2.05, 4.69) is 22.4 Å². The van der Waals surface area contributed by atoms with Crippen molar-refractivity contribution in [3.05, 3.63) is 41.0 Å². The third kappa shape index (κ3) is 4.72. The first-order chi connectivity index (χ1) is 9.60. The van der Waals surface area contributed by atoms with Gasteiger partial charge in [-0.25, -0.2) is 0 Å². The van der Waals surface area contributed by atoms with Crippen LogP contribution in [0, 0.1) is 13.8 Å². The van der Waals surface area contributed by atoms with Crippen molar-refractivity contribution >= 4 is 12.4 Å². The van der Waals surface area contributed by atoms with Gasteiger partial charge in [-0.2, -0.15) is 4.98 Å². The summed E-state index contributed by atoms with van der Waals surface area (Å²) < 4.78 is 11.0. The van der Waals surface area contributed by atoms with Gasteiger partial charge in [0.25, 0.3) is 5.89 Å². The number of hydrogen-bond acceptors (Lipinski definition) is 5. The zero-order valence-corrected chi connectivity index (χ0v) is 13.7. The minimum absolute atomic E-state index is 0. The van der Waals surface area contributed by atoms with Crippen LogP contribution in [-0.4, -0.2) is 23.2 Å². The Morgan fingerprint density at radius 3 is 2.57 bits per heavy atom. The van der Waals surface area contributed by atoms with Crippen molar-refractivity contribution in [1.82, 2.24) is 15.5 Å². The standard InChI is InChI=1S/C15H21N3O2.ClH/c1-10-6-5-7-11(2)15(10)19-9-14-17-13(18-20-14)8-12(3)16-4;/h5-7,12,16H,8-9H2,1-4H3;1H. The van der Waals surface area contributed by atoms with E-state index >= 15 is 0 Å². The van der Waals surface area contributed by atoms with Crippen molar-refractivity contribution in [2.75, 3.05) is 7.05 Å². The molecule has 1 N–H and O–H groups in total. The van der Waals surface area contributed by atoms with Crippen LogP contribution < -0.4 is 10.1 Å². The van der Waals surface area contributed by atoms with E-state index < -0.39 is 0 Å². The molecule has 1 aromatic carbocycles. The maximum Gasteiger partial charge on any atom is 0.264 e. The largest absolute Gasteiger partial charge is 0.483 e. The first-order valence-electron chi connectivity index (χ1n) is 6.78. The molecule has 0 amide bonds. The van der Waals surface area contributed by atoms with Crippen molar-refractivity contribution in [3.63, 3.8) is 0 Å². The van der Waals surface area contributed by atoms with Gasteiger partial charge in [-0.05, 0) is 38.9 Å². The van der Waals surface area contributed by atoms with Gasteiger partial charge in [0.05, 0.1) is 0 Å². The number of aryl methyl sites for hydroxylation is 2. The molecule has 2 aromatic rings. The average molecular weight is 312 g/mol. The van der Waals surface area contributed by atoms with Crippen molar-refractivity contribution < 1.29 is 9.26 Å². The van der Waals surface area contributed by atoms with Crippen LogP contribution in [-0.2, 0) is 13.0 Å². The number of likely N-dealkylation sites (N-methyl/N-ethyl adjacent to an activating group) is 1. The minimum atomic E-state index is 0. The second-order valence-corrected chi connectivity index (χ2v) is 5.01. The van der Waals surface area contributed by atoms with Crippen LogP contribution in [0.4, 0.5) is 0 Å². The van der Waals surface area contributed by atoms with Crippen molar-refractivity contribution in [1.29, 1.82) is 0 Å². The number of rotatable bonds is 6. The van der Waals surface area contributed by atoms with Gasteiger partial charge >= 0.3 is 0 Å². The summed E-state index contributed by atoms with van der Waals surface area (Å²) in [4.78, 5) is 4.33. The molecule has 1 unspecified atom stereocenters. The fraction of sp³-hybridized carbons (Fsp3) is 0.467. The molecule has 0 aliphatic rings. The Morgan fingerprint density at radius 2 is 1.95 bits per heavy atom. The van der Waals surface area contributed by atoms with E-state index in [1.807, 2.05) is 39.1 Å². The molecule has 0 spiro atoms. The highest BCUT2D eigenvalue weighted by molar-refractivity contribution is 5.85. The highest BCUT2D eigenvalue weighted by Crippen LogP contribution is 2.23. The molecule has 0 fully saturated rings. The zero-order chi connectivity index (χ0) is 14.5. The number of nitrogens with zero attached hydrogens (tertiary/aromatic N) is 2. The van der Waals surface area contributed by atoms with E-state index in [4.69, 9.17) is 9.26 Å². The lowest BCUT2D eigenvalue weighted by Gasteiger charge is -2.09. The number of para-hydroxylation sites is 1. The molecule has 1 atom stereocenters. The first kappa shape index (κ1) is 17.5. The molecular weight excluding hydrogens is 290 g/mol. The highest BCUT2D eigenvalue weighted by atomic mass is 35.5. The Balaban J connectivity index is 0.00000220. The van der Waals surface area contributed by atoms with E-state index in [1.165, 1.54) is 0 Å². The third-order valence-electron chi connectivity index (χ3n) is 3.24. The normalized spacial score (nSPS) is 11.8. The summed E-state index contributed by atoms with van der Waals surface area (Å²) in [6, 6.07) is 6.38. The van der Waals surface area contributed by atoms with E-state index in [1.54, 1.807) is 0 Å². The fourth-order valence-corrected chi connectivity index (χ4v) is 1.97. The molecule has 0 saturated heterocycles. The lowest BCUT2D eigenvalue weighted by atomic mass is 10.1. The predicted octanol–water partition coefficient (Wildman–Crippen LogP) is 2.84. The van der Waals surface area contributed by atoms with Gasteiger partial charge in [0.2, 0.25) is 0 Å². The Morgan fingerprint density at radius 1 is 1.29 bits per heavy atom. The van der Waals surface area contributed by atoms with Crippen LogP contribution in [0.1, 0.15) is 29.8 Å². The smallest absolute Gasteiger partial charge is 0.264 e. The first-order valence-corrected chi connectivity index (χ1v) is 6.78. The van der Waals surface area contributed by atoms with Crippen molar-refractivity contribution in [2.45, 2.75) is 39.8 Å². The Bertz CT molecular complexity index is 552. The molecule has 0 radical (unpaired) electrons. The molecular formula is C15H22ClN3O2. The zero-order valence-electron chi connectivity index (χ0n) is 12.8. The minimum Gasteiger partial charge on any atom is -0.483 e. The quantitative estimate of drug-likeness (QED) is 0.889. The van der Waals surface area contributed by atoms with Gasteiger partial charge in [-0.1, -0.05) is 23.4 Å². The Kier molecular flexibility index (Phi) is 6.65. The molecule has 1 aromatic heterocycles. The van der Waals surface area contributed by atoms with E-state index in [0.717, 1.165) is 23.3 Å². The van der Waals surface area contributed by atoms with Crippen LogP contribution in [0.25, 0.3) is 0 Å². The van der Waals surface area contributed by atoms with Crippen molar-refractivity contribution in [2.24, 2.45) is 0 Å². The molecule has 6 heteroatoms. The van der Waals surface area contributed by atoms with E-state index in [0.29, 0.717) is 24.4 Å². The highest BCUT2D eigenvalue weighted by Gasteiger charge is 2.11. The number of halogens is 1. The van der Waals surface area contributed by atoms with Gasteiger partial charge < -0.3 is 14.6 Å². The SMILES string of the molecule is CNC(C)Cc1noc(COc2c(C)cccc2C)n1.Cl. The average Bonchev–Trinajstić information content (AvgIpc) is 2.85. The molecule has 0 saturated carbocycles. The summed E-state index contributed by atoms with van der Waals surface area (Å²) >= 11 is 0. The fourth-order valence-electron chi connectivity index (χ4n) is 1.97.